The molecule has 1 heterocycles. The Balaban J connectivity index is 2.10. The van der Waals surface area contributed by atoms with Crippen LogP contribution in [0.4, 0.5) is 5.69 Å². The topological polar surface area (TPSA) is 42.7 Å². The summed E-state index contributed by atoms with van der Waals surface area (Å²) in [5.74, 6) is 0.931. The van der Waals surface area contributed by atoms with Crippen molar-refractivity contribution in [3.8, 4) is 0 Å². The fourth-order valence-corrected chi connectivity index (χ4v) is 1.58. The van der Waals surface area contributed by atoms with E-state index in [1.807, 2.05) is 7.05 Å². The normalized spacial score (nSPS) is 10.4. The summed E-state index contributed by atoms with van der Waals surface area (Å²) in [6.45, 7) is 4.88. The smallest absolute Gasteiger partial charge is 0.145 e. The van der Waals surface area contributed by atoms with E-state index < -0.39 is 0 Å². The molecule has 0 bridgehead atoms. The lowest BCUT2D eigenvalue weighted by Crippen LogP contribution is -2.07. The maximum Gasteiger partial charge on any atom is 0.145 e. The van der Waals surface area contributed by atoms with Crippen molar-refractivity contribution in [1.82, 2.24) is 14.8 Å². The summed E-state index contributed by atoms with van der Waals surface area (Å²) in [6, 6.07) is 6.38. The van der Waals surface area contributed by atoms with Gasteiger partial charge in [0.2, 0.25) is 0 Å². The number of benzene rings is 1. The molecule has 1 aromatic heterocycles. The lowest BCUT2D eigenvalue weighted by atomic mass is 10.1. The zero-order valence-electron chi connectivity index (χ0n) is 9.86. The largest absolute Gasteiger partial charge is 0.378 e. The number of aryl methyl sites for hydroxylation is 3. The van der Waals surface area contributed by atoms with Gasteiger partial charge in [0, 0.05) is 12.7 Å². The van der Waals surface area contributed by atoms with E-state index in [-0.39, 0.29) is 0 Å². The predicted octanol–water partition coefficient (Wildman–Crippen LogP) is 2.04. The summed E-state index contributed by atoms with van der Waals surface area (Å²) >= 11 is 0. The van der Waals surface area contributed by atoms with Crippen molar-refractivity contribution in [3.63, 3.8) is 0 Å². The summed E-state index contributed by atoms with van der Waals surface area (Å²) in [4.78, 5) is 4.17. The van der Waals surface area contributed by atoms with Crippen molar-refractivity contribution >= 4 is 5.69 Å². The third-order valence-corrected chi connectivity index (χ3v) is 2.64. The van der Waals surface area contributed by atoms with Gasteiger partial charge in [-0.2, -0.15) is 5.10 Å². The average Bonchev–Trinajstić information content (AvgIpc) is 2.66. The van der Waals surface area contributed by atoms with Crippen LogP contribution in [-0.4, -0.2) is 14.8 Å². The van der Waals surface area contributed by atoms with Crippen LogP contribution in [0.1, 0.15) is 17.0 Å². The van der Waals surface area contributed by atoms with Crippen LogP contribution in [0.25, 0.3) is 0 Å². The van der Waals surface area contributed by atoms with Crippen LogP contribution >= 0.6 is 0 Å². The molecular formula is C12H16N4. The average molecular weight is 216 g/mol. The third kappa shape index (κ3) is 2.21. The van der Waals surface area contributed by atoms with Crippen LogP contribution in [0.15, 0.2) is 24.5 Å². The minimum Gasteiger partial charge on any atom is -0.378 e. The number of anilines is 1. The molecule has 2 rings (SSSR count). The van der Waals surface area contributed by atoms with E-state index in [1.165, 1.54) is 11.1 Å². The highest BCUT2D eigenvalue weighted by molar-refractivity contribution is 5.52. The Labute approximate surface area is 95.3 Å². The molecule has 0 aliphatic carbocycles. The SMILES string of the molecule is Cc1ccc(C)c(NCc2ncnn2C)c1. The Morgan fingerprint density at radius 1 is 1.31 bits per heavy atom. The Bertz CT molecular complexity index is 488. The summed E-state index contributed by atoms with van der Waals surface area (Å²) in [5, 5.41) is 7.41. The number of rotatable bonds is 3. The van der Waals surface area contributed by atoms with Gasteiger partial charge in [0.1, 0.15) is 12.2 Å². The predicted molar refractivity (Wildman–Crippen MR) is 64.2 cm³/mol. The maximum absolute atomic E-state index is 4.17. The standard InChI is InChI=1S/C12H16N4/c1-9-4-5-10(2)11(6-9)13-7-12-14-8-15-16(12)3/h4-6,8,13H,7H2,1-3H3. The molecular weight excluding hydrogens is 200 g/mol. The van der Waals surface area contributed by atoms with Gasteiger partial charge in [-0.05, 0) is 31.0 Å². The molecule has 16 heavy (non-hydrogen) atoms. The minimum absolute atomic E-state index is 0.695. The van der Waals surface area contributed by atoms with Crippen LogP contribution in [0, 0.1) is 13.8 Å². The molecule has 4 nitrogen and oxygen atoms in total. The molecule has 0 atom stereocenters. The zero-order chi connectivity index (χ0) is 11.5. The Hall–Kier alpha value is -1.84. The van der Waals surface area contributed by atoms with E-state index in [2.05, 4.69) is 47.4 Å². The van der Waals surface area contributed by atoms with E-state index in [0.717, 1.165) is 11.5 Å². The molecule has 4 heteroatoms. The summed E-state index contributed by atoms with van der Waals surface area (Å²) in [5.41, 5.74) is 3.65. The highest BCUT2D eigenvalue weighted by Gasteiger charge is 2.02. The monoisotopic (exact) mass is 216 g/mol. The van der Waals surface area contributed by atoms with Gasteiger partial charge in [-0.25, -0.2) is 4.98 Å². The Morgan fingerprint density at radius 3 is 2.81 bits per heavy atom. The van der Waals surface area contributed by atoms with Crippen LogP contribution in [0.2, 0.25) is 0 Å². The second-order valence-corrected chi connectivity index (χ2v) is 3.97. The number of aromatic nitrogens is 3. The maximum atomic E-state index is 4.17. The van der Waals surface area contributed by atoms with Crippen molar-refractivity contribution in [2.45, 2.75) is 20.4 Å². The zero-order valence-corrected chi connectivity index (χ0v) is 9.86. The van der Waals surface area contributed by atoms with Crippen molar-refractivity contribution in [2.75, 3.05) is 5.32 Å². The lowest BCUT2D eigenvalue weighted by Gasteiger charge is -2.09. The van der Waals surface area contributed by atoms with Gasteiger partial charge in [-0.15, -0.1) is 0 Å². The van der Waals surface area contributed by atoms with Crippen LogP contribution < -0.4 is 5.32 Å². The van der Waals surface area contributed by atoms with Crippen LogP contribution in [-0.2, 0) is 13.6 Å². The summed E-state index contributed by atoms with van der Waals surface area (Å²) in [7, 11) is 1.90. The molecule has 1 aromatic carbocycles. The number of nitrogens with one attached hydrogen (secondary N) is 1. The van der Waals surface area contributed by atoms with E-state index in [4.69, 9.17) is 0 Å². The Kier molecular flexibility index (Phi) is 2.90. The molecule has 0 aliphatic heterocycles. The molecule has 0 aliphatic rings. The van der Waals surface area contributed by atoms with Crippen molar-refractivity contribution in [1.29, 1.82) is 0 Å². The van der Waals surface area contributed by atoms with Gasteiger partial charge >= 0.3 is 0 Å². The quantitative estimate of drug-likeness (QED) is 0.853. The summed E-state index contributed by atoms with van der Waals surface area (Å²) < 4.78 is 1.78. The first-order chi connectivity index (χ1) is 7.66. The molecule has 0 saturated carbocycles. The lowest BCUT2D eigenvalue weighted by molar-refractivity contribution is 0.712. The molecule has 0 spiro atoms. The fourth-order valence-electron chi connectivity index (χ4n) is 1.58. The number of nitrogens with zero attached hydrogens (tertiary/aromatic N) is 3. The second kappa shape index (κ2) is 4.35. The highest BCUT2D eigenvalue weighted by atomic mass is 15.3. The molecule has 0 saturated heterocycles. The first-order valence-corrected chi connectivity index (χ1v) is 5.31. The highest BCUT2D eigenvalue weighted by Crippen LogP contribution is 2.16. The van der Waals surface area contributed by atoms with E-state index in [0.29, 0.717) is 6.54 Å². The second-order valence-electron chi connectivity index (χ2n) is 3.97. The van der Waals surface area contributed by atoms with Gasteiger partial charge < -0.3 is 5.32 Å². The van der Waals surface area contributed by atoms with Gasteiger partial charge in [0.25, 0.3) is 0 Å². The van der Waals surface area contributed by atoms with Crippen molar-refractivity contribution in [2.24, 2.45) is 7.05 Å². The third-order valence-electron chi connectivity index (χ3n) is 2.64. The molecule has 0 radical (unpaired) electrons. The van der Waals surface area contributed by atoms with Gasteiger partial charge in [0.05, 0.1) is 6.54 Å². The minimum atomic E-state index is 0.695. The first-order valence-electron chi connectivity index (χ1n) is 5.31. The molecule has 0 fully saturated rings. The van der Waals surface area contributed by atoms with E-state index >= 15 is 0 Å². The van der Waals surface area contributed by atoms with Gasteiger partial charge in [-0.3, -0.25) is 4.68 Å². The molecule has 1 N–H and O–H groups in total. The van der Waals surface area contributed by atoms with E-state index in [1.54, 1.807) is 11.0 Å². The summed E-state index contributed by atoms with van der Waals surface area (Å²) in [6.07, 6.45) is 1.57. The van der Waals surface area contributed by atoms with Crippen LogP contribution in [0.5, 0.6) is 0 Å². The molecule has 2 aromatic rings. The Morgan fingerprint density at radius 2 is 2.12 bits per heavy atom. The number of hydrogen-bond acceptors (Lipinski definition) is 3. The fraction of sp³-hybridized carbons (Fsp3) is 0.333. The van der Waals surface area contributed by atoms with E-state index in [9.17, 15) is 0 Å². The van der Waals surface area contributed by atoms with Crippen molar-refractivity contribution in [3.05, 3.63) is 41.5 Å². The van der Waals surface area contributed by atoms with Gasteiger partial charge in [-0.1, -0.05) is 12.1 Å². The number of hydrogen-bond donors (Lipinski definition) is 1. The van der Waals surface area contributed by atoms with Crippen LogP contribution in [0.3, 0.4) is 0 Å². The first kappa shape index (κ1) is 10.7. The van der Waals surface area contributed by atoms with Crippen molar-refractivity contribution < 1.29 is 0 Å². The van der Waals surface area contributed by atoms with Gasteiger partial charge in [0.15, 0.2) is 0 Å². The molecule has 84 valence electrons. The molecule has 0 amide bonds. The molecule has 0 unspecified atom stereocenters.